The summed E-state index contributed by atoms with van der Waals surface area (Å²) >= 11 is 0. The smallest absolute Gasteiger partial charge is 0.338 e. The van der Waals surface area contributed by atoms with Gasteiger partial charge in [-0.15, -0.1) is 0 Å². The molecule has 0 radical (unpaired) electrons. The third-order valence-electron chi connectivity index (χ3n) is 2.81. The molecule has 94 valence electrons. The standard InChI is InChI=1S/C10H18O6/c1-5-16-8(13)10(4,15)6(2)9(3,14)7(11)12/h6,14-15H,5H2,1-4H3,(H,11,12). The van der Waals surface area contributed by atoms with Crippen molar-refractivity contribution in [1.82, 2.24) is 0 Å². The predicted octanol–water partition coefficient (Wildman–Crippen LogP) is -0.228. The number of carboxylic acids is 1. The zero-order valence-electron chi connectivity index (χ0n) is 9.85. The van der Waals surface area contributed by atoms with Gasteiger partial charge in [0, 0.05) is 5.92 Å². The molecule has 0 bridgehead atoms. The van der Waals surface area contributed by atoms with Crippen molar-refractivity contribution in [1.29, 1.82) is 0 Å². The number of carbonyl (C=O) groups is 2. The Balaban J connectivity index is 5.02. The number of hydrogen-bond donors (Lipinski definition) is 3. The van der Waals surface area contributed by atoms with Crippen LogP contribution in [-0.4, -0.2) is 45.1 Å². The molecular formula is C10H18O6. The molecule has 3 N–H and O–H groups in total. The Labute approximate surface area is 93.8 Å². The van der Waals surface area contributed by atoms with E-state index >= 15 is 0 Å². The summed E-state index contributed by atoms with van der Waals surface area (Å²) in [6.07, 6.45) is 0. The van der Waals surface area contributed by atoms with Gasteiger partial charge in [0.15, 0.2) is 11.2 Å². The van der Waals surface area contributed by atoms with E-state index in [4.69, 9.17) is 5.11 Å². The zero-order valence-corrected chi connectivity index (χ0v) is 9.85. The third-order valence-corrected chi connectivity index (χ3v) is 2.81. The van der Waals surface area contributed by atoms with Crippen molar-refractivity contribution in [2.24, 2.45) is 5.92 Å². The van der Waals surface area contributed by atoms with Gasteiger partial charge in [-0.05, 0) is 20.8 Å². The summed E-state index contributed by atoms with van der Waals surface area (Å²) in [5.74, 6) is -3.68. The van der Waals surface area contributed by atoms with Crippen LogP contribution in [0.1, 0.15) is 27.7 Å². The van der Waals surface area contributed by atoms with Gasteiger partial charge < -0.3 is 20.1 Å². The van der Waals surface area contributed by atoms with Gasteiger partial charge in [-0.25, -0.2) is 9.59 Å². The number of aliphatic hydroxyl groups is 2. The number of esters is 1. The van der Waals surface area contributed by atoms with Crippen LogP contribution in [0.4, 0.5) is 0 Å². The number of rotatable bonds is 5. The Bertz CT molecular complexity index is 281. The van der Waals surface area contributed by atoms with Crippen molar-refractivity contribution < 1.29 is 29.6 Å². The molecule has 0 aromatic rings. The lowest BCUT2D eigenvalue weighted by atomic mass is 9.78. The number of carboxylic acid groups (broad SMARTS) is 1. The van der Waals surface area contributed by atoms with E-state index in [1.807, 2.05) is 0 Å². The number of aliphatic carboxylic acids is 1. The van der Waals surface area contributed by atoms with Crippen LogP contribution in [0, 0.1) is 5.92 Å². The SMILES string of the molecule is CCOC(=O)C(C)(O)C(C)C(C)(O)C(=O)O. The Morgan fingerprint density at radius 1 is 1.25 bits per heavy atom. The van der Waals surface area contributed by atoms with Gasteiger partial charge in [-0.2, -0.15) is 0 Å². The minimum Gasteiger partial charge on any atom is -0.479 e. The van der Waals surface area contributed by atoms with E-state index in [0.717, 1.165) is 13.8 Å². The molecule has 0 aliphatic heterocycles. The highest BCUT2D eigenvalue weighted by atomic mass is 16.5. The van der Waals surface area contributed by atoms with Gasteiger partial charge in [0.1, 0.15) is 0 Å². The minimum absolute atomic E-state index is 0.0664. The Hall–Kier alpha value is -1.14. The second-order valence-corrected chi connectivity index (χ2v) is 4.04. The number of carbonyl (C=O) groups excluding carboxylic acids is 1. The highest BCUT2D eigenvalue weighted by molar-refractivity contribution is 5.83. The van der Waals surface area contributed by atoms with Crippen molar-refractivity contribution in [3.8, 4) is 0 Å². The lowest BCUT2D eigenvalue weighted by molar-refractivity contribution is -0.188. The summed E-state index contributed by atoms with van der Waals surface area (Å²) < 4.78 is 4.61. The minimum atomic E-state index is -2.21. The van der Waals surface area contributed by atoms with Crippen molar-refractivity contribution in [2.75, 3.05) is 6.61 Å². The fourth-order valence-electron chi connectivity index (χ4n) is 1.19. The first-order chi connectivity index (χ1) is 7.08. The highest BCUT2D eigenvalue weighted by Crippen LogP contribution is 2.29. The molecule has 0 heterocycles. The zero-order chi connectivity index (χ0) is 13.1. The summed E-state index contributed by atoms with van der Waals surface area (Å²) in [7, 11) is 0. The maximum absolute atomic E-state index is 11.4. The summed E-state index contributed by atoms with van der Waals surface area (Å²) in [5, 5.41) is 28.3. The molecule has 0 aromatic heterocycles. The second-order valence-electron chi connectivity index (χ2n) is 4.04. The molecule has 0 aliphatic carbocycles. The number of ether oxygens (including phenoxy) is 1. The lowest BCUT2D eigenvalue weighted by Crippen LogP contribution is -2.56. The van der Waals surface area contributed by atoms with Crippen LogP contribution < -0.4 is 0 Å². The van der Waals surface area contributed by atoms with E-state index in [1.54, 1.807) is 6.92 Å². The monoisotopic (exact) mass is 234 g/mol. The molecule has 6 nitrogen and oxygen atoms in total. The molecule has 0 saturated carbocycles. The van der Waals surface area contributed by atoms with Crippen LogP contribution in [0.15, 0.2) is 0 Å². The summed E-state index contributed by atoms with van der Waals surface area (Å²) in [6.45, 7) is 5.04. The fraction of sp³-hybridized carbons (Fsp3) is 0.800. The summed E-state index contributed by atoms with van der Waals surface area (Å²) in [5.41, 5.74) is -4.27. The lowest BCUT2D eigenvalue weighted by Gasteiger charge is -2.35. The molecule has 0 amide bonds. The molecule has 0 fully saturated rings. The first-order valence-corrected chi connectivity index (χ1v) is 4.93. The Morgan fingerprint density at radius 3 is 2.00 bits per heavy atom. The molecule has 0 aliphatic rings. The van der Waals surface area contributed by atoms with Gasteiger partial charge in [0.05, 0.1) is 6.61 Å². The van der Waals surface area contributed by atoms with Gasteiger partial charge in [-0.3, -0.25) is 0 Å². The third kappa shape index (κ3) is 2.70. The van der Waals surface area contributed by atoms with E-state index in [9.17, 15) is 19.8 Å². The molecule has 3 unspecified atom stereocenters. The largest absolute Gasteiger partial charge is 0.479 e. The van der Waals surface area contributed by atoms with Gasteiger partial charge in [0.25, 0.3) is 0 Å². The van der Waals surface area contributed by atoms with Crippen molar-refractivity contribution in [3.05, 3.63) is 0 Å². The molecule has 0 aromatic carbocycles. The van der Waals surface area contributed by atoms with Crippen molar-refractivity contribution in [3.63, 3.8) is 0 Å². The van der Waals surface area contributed by atoms with E-state index in [-0.39, 0.29) is 6.61 Å². The van der Waals surface area contributed by atoms with Crippen molar-refractivity contribution >= 4 is 11.9 Å². The van der Waals surface area contributed by atoms with E-state index in [2.05, 4.69) is 4.74 Å². The van der Waals surface area contributed by atoms with Crippen LogP contribution in [0.2, 0.25) is 0 Å². The molecule has 0 rings (SSSR count). The highest BCUT2D eigenvalue weighted by Gasteiger charge is 2.50. The van der Waals surface area contributed by atoms with Crippen LogP contribution in [-0.2, 0) is 14.3 Å². The molecule has 6 heteroatoms. The molecule has 0 saturated heterocycles. The Morgan fingerprint density at radius 2 is 1.69 bits per heavy atom. The van der Waals surface area contributed by atoms with Gasteiger partial charge >= 0.3 is 11.9 Å². The van der Waals surface area contributed by atoms with Crippen LogP contribution in [0.3, 0.4) is 0 Å². The molecule has 0 spiro atoms. The normalized spacial score (nSPS) is 20.4. The summed E-state index contributed by atoms with van der Waals surface area (Å²) in [6, 6.07) is 0. The second kappa shape index (κ2) is 4.80. The van der Waals surface area contributed by atoms with Crippen LogP contribution in [0.5, 0.6) is 0 Å². The summed E-state index contributed by atoms with van der Waals surface area (Å²) in [4.78, 5) is 22.2. The topological polar surface area (TPSA) is 104 Å². The van der Waals surface area contributed by atoms with E-state index < -0.39 is 29.1 Å². The van der Waals surface area contributed by atoms with E-state index in [0.29, 0.717) is 0 Å². The van der Waals surface area contributed by atoms with Gasteiger partial charge in [0.2, 0.25) is 0 Å². The number of hydrogen-bond acceptors (Lipinski definition) is 5. The first kappa shape index (κ1) is 14.9. The average Bonchev–Trinajstić information content (AvgIpc) is 2.16. The molecule has 3 atom stereocenters. The maximum atomic E-state index is 11.4. The quantitative estimate of drug-likeness (QED) is 0.568. The average molecular weight is 234 g/mol. The fourth-order valence-corrected chi connectivity index (χ4v) is 1.19. The van der Waals surface area contributed by atoms with Gasteiger partial charge in [-0.1, -0.05) is 6.92 Å². The van der Waals surface area contributed by atoms with Crippen LogP contribution >= 0.6 is 0 Å². The van der Waals surface area contributed by atoms with Crippen LogP contribution in [0.25, 0.3) is 0 Å². The first-order valence-electron chi connectivity index (χ1n) is 4.93. The molecule has 16 heavy (non-hydrogen) atoms. The Kier molecular flexibility index (Phi) is 4.45. The predicted molar refractivity (Wildman–Crippen MR) is 54.7 cm³/mol. The maximum Gasteiger partial charge on any atom is 0.338 e. The van der Waals surface area contributed by atoms with E-state index in [1.165, 1.54) is 6.92 Å². The molecular weight excluding hydrogens is 216 g/mol. The van der Waals surface area contributed by atoms with Crippen molar-refractivity contribution in [2.45, 2.75) is 38.9 Å².